The van der Waals surface area contributed by atoms with Gasteiger partial charge >= 0.3 is 0 Å². The molecule has 1 aromatic carbocycles. The summed E-state index contributed by atoms with van der Waals surface area (Å²) in [7, 11) is 0. The maximum absolute atomic E-state index is 10.9. The molecule has 1 aromatic rings. The lowest BCUT2D eigenvalue weighted by molar-refractivity contribution is -0.0485. The van der Waals surface area contributed by atoms with Crippen LogP contribution in [0.3, 0.4) is 0 Å². The maximum atomic E-state index is 10.9. The Labute approximate surface area is 109 Å². The van der Waals surface area contributed by atoms with Gasteiger partial charge in [-0.3, -0.25) is 0 Å². The van der Waals surface area contributed by atoms with Gasteiger partial charge in [-0.15, -0.1) is 0 Å². The average Bonchev–Trinajstić information content (AvgIpc) is 3.08. The van der Waals surface area contributed by atoms with E-state index < -0.39 is 5.60 Å². The molecule has 2 aliphatic carbocycles. The molecule has 3 rings (SSSR count). The average molecular weight is 246 g/mol. The van der Waals surface area contributed by atoms with Crippen LogP contribution in [0.25, 0.3) is 0 Å². The Bertz CT molecular complexity index is 431. The predicted octanol–water partition coefficient (Wildman–Crippen LogP) is 3.63. The number of hydrogen-bond donors (Lipinski definition) is 1. The fraction of sp³-hybridized carbons (Fsp3) is 0.625. The van der Waals surface area contributed by atoms with Gasteiger partial charge in [0.15, 0.2) is 0 Å². The molecule has 0 amide bonds. The highest BCUT2D eigenvalue weighted by atomic mass is 16.5. The van der Waals surface area contributed by atoms with Crippen LogP contribution in [-0.4, -0.2) is 11.2 Å². The topological polar surface area (TPSA) is 29.5 Å². The zero-order chi connectivity index (χ0) is 12.8. The molecule has 1 atom stereocenters. The van der Waals surface area contributed by atoms with E-state index in [4.69, 9.17) is 4.74 Å². The van der Waals surface area contributed by atoms with E-state index in [2.05, 4.69) is 13.8 Å². The number of ether oxygens (including phenoxy) is 1. The lowest BCUT2D eigenvalue weighted by Gasteiger charge is -2.37. The van der Waals surface area contributed by atoms with Gasteiger partial charge < -0.3 is 9.84 Å². The number of hydrogen-bond acceptors (Lipinski definition) is 2. The van der Waals surface area contributed by atoms with Gasteiger partial charge in [-0.25, -0.2) is 0 Å². The highest BCUT2D eigenvalue weighted by Crippen LogP contribution is 2.52. The quantitative estimate of drug-likeness (QED) is 0.882. The standard InChI is InChI=1S/C16H22O2/c1-15(2)10-3-11-16(15,17)12-4-6-13(7-5-12)18-14-8-9-14/h4-7,14,17H,3,8-11H2,1-2H3. The fourth-order valence-corrected chi connectivity index (χ4v) is 3.05. The lowest BCUT2D eigenvalue weighted by Crippen LogP contribution is -2.36. The van der Waals surface area contributed by atoms with Crippen LogP contribution >= 0.6 is 0 Å². The van der Waals surface area contributed by atoms with Crippen molar-refractivity contribution >= 4 is 0 Å². The Morgan fingerprint density at radius 2 is 1.78 bits per heavy atom. The van der Waals surface area contributed by atoms with E-state index >= 15 is 0 Å². The second-order valence-corrected chi connectivity index (χ2v) is 6.44. The van der Waals surface area contributed by atoms with Crippen LogP contribution in [0.1, 0.15) is 51.5 Å². The van der Waals surface area contributed by atoms with Crippen molar-refractivity contribution in [3.63, 3.8) is 0 Å². The van der Waals surface area contributed by atoms with Crippen molar-refractivity contribution in [2.45, 2.75) is 57.7 Å². The van der Waals surface area contributed by atoms with Gasteiger partial charge in [0.25, 0.3) is 0 Å². The van der Waals surface area contributed by atoms with E-state index in [0.29, 0.717) is 6.10 Å². The Morgan fingerprint density at radius 3 is 2.28 bits per heavy atom. The highest BCUT2D eigenvalue weighted by Gasteiger charge is 2.48. The zero-order valence-electron chi connectivity index (χ0n) is 11.3. The molecule has 2 saturated carbocycles. The summed E-state index contributed by atoms with van der Waals surface area (Å²) in [6.07, 6.45) is 5.84. The van der Waals surface area contributed by atoms with Crippen molar-refractivity contribution in [2.75, 3.05) is 0 Å². The molecule has 2 aliphatic rings. The Kier molecular flexibility index (Phi) is 2.67. The monoisotopic (exact) mass is 246 g/mol. The third-order valence-electron chi connectivity index (χ3n) is 4.62. The highest BCUT2D eigenvalue weighted by molar-refractivity contribution is 5.33. The molecule has 0 radical (unpaired) electrons. The van der Waals surface area contributed by atoms with E-state index in [0.717, 1.165) is 30.6 Å². The van der Waals surface area contributed by atoms with E-state index in [9.17, 15) is 5.11 Å². The first-order chi connectivity index (χ1) is 8.51. The van der Waals surface area contributed by atoms with Crippen LogP contribution in [0.2, 0.25) is 0 Å². The minimum Gasteiger partial charge on any atom is -0.490 e. The first-order valence-corrected chi connectivity index (χ1v) is 7.01. The van der Waals surface area contributed by atoms with Crippen molar-refractivity contribution < 1.29 is 9.84 Å². The fourth-order valence-electron chi connectivity index (χ4n) is 3.05. The summed E-state index contributed by atoms with van der Waals surface area (Å²) < 4.78 is 5.75. The largest absolute Gasteiger partial charge is 0.490 e. The molecule has 0 bridgehead atoms. The summed E-state index contributed by atoms with van der Waals surface area (Å²) in [6.45, 7) is 4.32. The van der Waals surface area contributed by atoms with Gasteiger partial charge in [-0.1, -0.05) is 26.0 Å². The predicted molar refractivity (Wildman–Crippen MR) is 71.6 cm³/mol. The normalized spacial score (nSPS) is 30.4. The smallest absolute Gasteiger partial charge is 0.119 e. The van der Waals surface area contributed by atoms with E-state index in [1.54, 1.807) is 0 Å². The van der Waals surface area contributed by atoms with Gasteiger partial charge in [0.05, 0.1) is 11.7 Å². The van der Waals surface area contributed by atoms with Crippen LogP contribution in [0.4, 0.5) is 0 Å². The summed E-state index contributed by atoms with van der Waals surface area (Å²) in [4.78, 5) is 0. The molecule has 98 valence electrons. The Morgan fingerprint density at radius 1 is 1.11 bits per heavy atom. The minimum absolute atomic E-state index is 0.0358. The summed E-state index contributed by atoms with van der Waals surface area (Å²) in [6, 6.07) is 8.07. The molecule has 2 heteroatoms. The molecule has 2 nitrogen and oxygen atoms in total. The van der Waals surface area contributed by atoms with Crippen LogP contribution in [0, 0.1) is 5.41 Å². The molecular formula is C16H22O2. The first kappa shape index (κ1) is 12.0. The molecule has 1 unspecified atom stereocenters. The lowest BCUT2D eigenvalue weighted by atomic mass is 9.73. The van der Waals surface area contributed by atoms with Crippen LogP contribution in [0.15, 0.2) is 24.3 Å². The molecule has 0 aliphatic heterocycles. The van der Waals surface area contributed by atoms with Crippen molar-refractivity contribution in [1.29, 1.82) is 0 Å². The van der Waals surface area contributed by atoms with Gasteiger partial charge in [-0.05, 0) is 55.2 Å². The second kappa shape index (κ2) is 3.99. The SMILES string of the molecule is CC1(C)CCCC1(O)c1ccc(OC2CC2)cc1. The van der Waals surface area contributed by atoms with Gasteiger partial charge in [0, 0.05) is 0 Å². The van der Waals surface area contributed by atoms with Crippen molar-refractivity contribution in [1.82, 2.24) is 0 Å². The first-order valence-electron chi connectivity index (χ1n) is 7.01. The number of rotatable bonds is 3. The van der Waals surface area contributed by atoms with E-state index in [1.807, 2.05) is 24.3 Å². The summed E-state index contributed by atoms with van der Waals surface area (Å²) in [5.41, 5.74) is 0.324. The summed E-state index contributed by atoms with van der Waals surface area (Å²) >= 11 is 0. The summed E-state index contributed by atoms with van der Waals surface area (Å²) in [5, 5.41) is 10.9. The molecule has 1 N–H and O–H groups in total. The van der Waals surface area contributed by atoms with Crippen molar-refractivity contribution in [3.8, 4) is 5.75 Å². The Hall–Kier alpha value is -1.02. The molecule has 2 fully saturated rings. The third-order valence-corrected chi connectivity index (χ3v) is 4.62. The van der Waals surface area contributed by atoms with Gasteiger partial charge in [-0.2, -0.15) is 0 Å². The number of benzene rings is 1. The molecular weight excluding hydrogens is 224 g/mol. The van der Waals surface area contributed by atoms with E-state index in [1.165, 1.54) is 12.8 Å². The second-order valence-electron chi connectivity index (χ2n) is 6.44. The van der Waals surface area contributed by atoms with Gasteiger partial charge in [0.1, 0.15) is 5.75 Å². The van der Waals surface area contributed by atoms with Gasteiger partial charge in [0.2, 0.25) is 0 Å². The van der Waals surface area contributed by atoms with Crippen molar-refractivity contribution in [3.05, 3.63) is 29.8 Å². The number of aliphatic hydroxyl groups is 1. The summed E-state index contributed by atoms with van der Waals surface area (Å²) in [5.74, 6) is 0.931. The minimum atomic E-state index is -0.675. The van der Waals surface area contributed by atoms with Crippen LogP contribution < -0.4 is 4.74 Å². The maximum Gasteiger partial charge on any atom is 0.119 e. The van der Waals surface area contributed by atoms with Crippen LogP contribution in [0.5, 0.6) is 5.75 Å². The Balaban J connectivity index is 1.83. The molecule has 0 spiro atoms. The molecule has 0 heterocycles. The molecule has 0 saturated heterocycles. The molecule has 0 aromatic heterocycles. The zero-order valence-corrected chi connectivity index (χ0v) is 11.3. The third kappa shape index (κ3) is 1.93. The van der Waals surface area contributed by atoms with E-state index in [-0.39, 0.29) is 5.41 Å². The van der Waals surface area contributed by atoms with Crippen LogP contribution in [-0.2, 0) is 5.60 Å². The van der Waals surface area contributed by atoms with Crippen molar-refractivity contribution in [2.24, 2.45) is 5.41 Å². The molecule has 18 heavy (non-hydrogen) atoms.